The van der Waals surface area contributed by atoms with Crippen LogP contribution in [0.4, 0.5) is 18.9 Å². The SMILES string of the molecule is CC1(C)c2ccccc2CC1Nc1ccc(C(NC(=O)C2CCSCC2)C(F)(F)F)cc1. The largest absolute Gasteiger partial charge is 0.412 e. The molecular weight excluding hydrogens is 433 g/mol. The molecule has 2 aliphatic rings. The van der Waals surface area contributed by atoms with Gasteiger partial charge in [-0.1, -0.05) is 50.2 Å². The standard InChI is InChI=1S/C25H29F3N2OS/c1-24(2)20-6-4-3-5-18(20)15-21(24)29-19-9-7-16(8-10-19)22(25(26,27)28)30-23(31)17-11-13-32-14-12-17/h3-10,17,21-22,29H,11-15H2,1-2H3,(H,30,31). The van der Waals surface area contributed by atoms with E-state index >= 15 is 0 Å². The van der Waals surface area contributed by atoms with Gasteiger partial charge in [-0.05, 0) is 59.6 Å². The molecular formula is C25H29F3N2OS. The molecule has 1 heterocycles. The van der Waals surface area contributed by atoms with E-state index < -0.39 is 18.1 Å². The molecule has 2 aromatic rings. The predicted octanol–water partition coefficient (Wildman–Crippen LogP) is 5.86. The lowest BCUT2D eigenvalue weighted by atomic mass is 9.83. The van der Waals surface area contributed by atoms with E-state index in [-0.39, 0.29) is 22.9 Å². The molecule has 172 valence electrons. The van der Waals surface area contributed by atoms with Gasteiger partial charge in [-0.15, -0.1) is 0 Å². The second-order valence-electron chi connectivity index (χ2n) is 9.27. The highest BCUT2D eigenvalue weighted by Crippen LogP contribution is 2.40. The molecule has 1 fully saturated rings. The summed E-state index contributed by atoms with van der Waals surface area (Å²) in [4.78, 5) is 12.5. The molecule has 2 unspecified atom stereocenters. The van der Waals surface area contributed by atoms with Crippen molar-refractivity contribution in [2.24, 2.45) is 5.92 Å². The molecule has 1 amide bonds. The molecule has 2 atom stereocenters. The zero-order chi connectivity index (χ0) is 22.9. The molecule has 1 aliphatic heterocycles. The summed E-state index contributed by atoms with van der Waals surface area (Å²) in [5.74, 6) is 0.793. The van der Waals surface area contributed by atoms with Crippen LogP contribution in [0.2, 0.25) is 0 Å². The van der Waals surface area contributed by atoms with Crippen molar-refractivity contribution in [2.75, 3.05) is 16.8 Å². The maximum Gasteiger partial charge on any atom is 0.412 e. The first-order valence-corrected chi connectivity index (χ1v) is 12.2. The molecule has 4 rings (SSSR count). The van der Waals surface area contributed by atoms with E-state index in [4.69, 9.17) is 0 Å². The van der Waals surface area contributed by atoms with Crippen LogP contribution < -0.4 is 10.6 Å². The average molecular weight is 463 g/mol. The minimum Gasteiger partial charge on any atom is -0.381 e. The Kier molecular flexibility index (Phi) is 6.48. The number of anilines is 1. The first kappa shape index (κ1) is 23.0. The van der Waals surface area contributed by atoms with E-state index in [0.29, 0.717) is 12.8 Å². The molecule has 2 aromatic carbocycles. The third-order valence-corrected chi connectivity index (χ3v) is 7.85. The van der Waals surface area contributed by atoms with Crippen molar-refractivity contribution in [1.29, 1.82) is 0 Å². The Balaban J connectivity index is 1.47. The predicted molar refractivity (Wildman–Crippen MR) is 124 cm³/mol. The van der Waals surface area contributed by atoms with Crippen molar-refractivity contribution in [3.63, 3.8) is 0 Å². The van der Waals surface area contributed by atoms with Crippen molar-refractivity contribution in [3.8, 4) is 0 Å². The van der Waals surface area contributed by atoms with Crippen molar-refractivity contribution in [3.05, 3.63) is 65.2 Å². The normalized spacial score (nSPS) is 21.6. The Morgan fingerprint density at radius 1 is 1.06 bits per heavy atom. The Morgan fingerprint density at radius 3 is 2.34 bits per heavy atom. The fourth-order valence-electron chi connectivity index (χ4n) is 4.77. The van der Waals surface area contributed by atoms with Crippen LogP contribution in [0.1, 0.15) is 49.4 Å². The first-order chi connectivity index (χ1) is 15.2. The van der Waals surface area contributed by atoms with Gasteiger partial charge < -0.3 is 10.6 Å². The van der Waals surface area contributed by atoms with E-state index in [2.05, 4.69) is 36.6 Å². The molecule has 2 N–H and O–H groups in total. The van der Waals surface area contributed by atoms with E-state index in [1.807, 2.05) is 12.1 Å². The zero-order valence-corrected chi connectivity index (χ0v) is 19.2. The van der Waals surface area contributed by atoms with Gasteiger partial charge in [0.15, 0.2) is 6.04 Å². The van der Waals surface area contributed by atoms with Gasteiger partial charge in [-0.25, -0.2) is 0 Å². The number of hydrogen-bond donors (Lipinski definition) is 2. The van der Waals surface area contributed by atoms with Gasteiger partial charge in [0, 0.05) is 23.1 Å². The Morgan fingerprint density at radius 2 is 1.72 bits per heavy atom. The Labute approximate surface area is 191 Å². The molecule has 0 radical (unpaired) electrons. The lowest BCUT2D eigenvalue weighted by Gasteiger charge is -2.30. The van der Waals surface area contributed by atoms with Crippen LogP contribution in [0.5, 0.6) is 0 Å². The van der Waals surface area contributed by atoms with Gasteiger partial charge in [0.2, 0.25) is 5.91 Å². The Hall–Kier alpha value is -2.15. The number of rotatable bonds is 5. The topological polar surface area (TPSA) is 41.1 Å². The van der Waals surface area contributed by atoms with Crippen LogP contribution in [-0.2, 0) is 16.6 Å². The number of nitrogens with one attached hydrogen (secondary N) is 2. The van der Waals surface area contributed by atoms with Gasteiger partial charge in [-0.3, -0.25) is 4.79 Å². The monoisotopic (exact) mass is 462 g/mol. The van der Waals surface area contributed by atoms with Crippen LogP contribution in [0.25, 0.3) is 0 Å². The third kappa shape index (κ3) is 4.77. The quantitative estimate of drug-likeness (QED) is 0.584. The Bertz CT molecular complexity index is 952. The smallest absolute Gasteiger partial charge is 0.381 e. The minimum absolute atomic E-state index is 0.0514. The number of carbonyl (C=O) groups excluding carboxylic acids is 1. The number of alkyl halides is 3. The summed E-state index contributed by atoms with van der Waals surface area (Å²) < 4.78 is 41.3. The summed E-state index contributed by atoms with van der Waals surface area (Å²) in [5.41, 5.74) is 3.34. The lowest BCUT2D eigenvalue weighted by molar-refractivity contribution is -0.164. The van der Waals surface area contributed by atoms with Gasteiger partial charge in [-0.2, -0.15) is 24.9 Å². The van der Waals surface area contributed by atoms with Crippen LogP contribution in [0, 0.1) is 5.92 Å². The van der Waals surface area contributed by atoms with Crippen molar-refractivity contribution in [1.82, 2.24) is 5.32 Å². The fraction of sp³-hybridized carbons (Fsp3) is 0.480. The summed E-state index contributed by atoms with van der Waals surface area (Å²) in [6.45, 7) is 4.37. The highest BCUT2D eigenvalue weighted by Gasteiger charge is 2.43. The number of carbonyl (C=O) groups is 1. The molecule has 0 bridgehead atoms. The second kappa shape index (κ2) is 9.00. The van der Waals surface area contributed by atoms with E-state index in [0.717, 1.165) is 23.6 Å². The highest BCUT2D eigenvalue weighted by atomic mass is 32.2. The van der Waals surface area contributed by atoms with Crippen molar-refractivity contribution in [2.45, 2.75) is 56.8 Å². The number of halogens is 3. The summed E-state index contributed by atoms with van der Waals surface area (Å²) in [6.07, 6.45) is -2.43. The summed E-state index contributed by atoms with van der Waals surface area (Å²) in [7, 11) is 0. The lowest BCUT2D eigenvalue weighted by Crippen LogP contribution is -2.42. The molecule has 0 saturated carbocycles. The molecule has 0 aromatic heterocycles. The summed E-state index contributed by atoms with van der Waals surface area (Å²) in [6, 6.07) is 12.8. The van der Waals surface area contributed by atoms with Crippen LogP contribution in [0.3, 0.4) is 0 Å². The molecule has 1 saturated heterocycles. The molecule has 7 heteroatoms. The van der Waals surface area contributed by atoms with E-state index in [1.165, 1.54) is 23.3 Å². The van der Waals surface area contributed by atoms with Crippen molar-refractivity contribution < 1.29 is 18.0 Å². The average Bonchev–Trinajstić information content (AvgIpc) is 3.02. The summed E-state index contributed by atoms with van der Waals surface area (Å²) >= 11 is 1.74. The molecule has 0 spiro atoms. The number of benzene rings is 2. The van der Waals surface area contributed by atoms with Gasteiger partial charge >= 0.3 is 6.18 Å². The third-order valence-electron chi connectivity index (χ3n) is 6.80. The van der Waals surface area contributed by atoms with Crippen LogP contribution in [-0.4, -0.2) is 29.6 Å². The van der Waals surface area contributed by atoms with Crippen LogP contribution in [0.15, 0.2) is 48.5 Å². The molecule has 1 aliphatic carbocycles. The minimum atomic E-state index is -4.55. The maximum atomic E-state index is 13.8. The van der Waals surface area contributed by atoms with Crippen molar-refractivity contribution >= 4 is 23.4 Å². The fourth-order valence-corrected chi connectivity index (χ4v) is 5.87. The number of thioether (sulfide) groups is 1. The number of hydrogen-bond acceptors (Lipinski definition) is 3. The van der Waals surface area contributed by atoms with Gasteiger partial charge in [0.25, 0.3) is 0 Å². The molecule has 32 heavy (non-hydrogen) atoms. The number of amides is 1. The van der Waals surface area contributed by atoms with E-state index in [9.17, 15) is 18.0 Å². The van der Waals surface area contributed by atoms with Gasteiger partial charge in [0.05, 0.1) is 0 Å². The summed E-state index contributed by atoms with van der Waals surface area (Å²) in [5, 5.41) is 5.77. The van der Waals surface area contributed by atoms with Crippen LogP contribution >= 0.6 is 11.8 Å². The molecule has 3 nitrogen and oxygen atoms in total. The maximum absolute atomic E-state index is 13.8. The highest BCUT2D eigenvalue weighted by molar-refractivity contribution is 7.99. The first-order valence-electron chi connectivity index (χ1n) is 11.1. The second-order valence-corrected chi connectivity index (χ2v) is 10.5. The number of fused-ring (bicyclic) bond motifs is 1. The van der Waals surface area contributed by atoms with Gasteiger partial charge in [0.1, 0.15) is 0 Å². The van der Waals surface area contributed by atoms with E-state index in [1.54, 1.807) is 23.9 Å². The zero-order valence-electron chi connectivity index (χ0n) is 18.3.